The van der Waals surface area contributed by atoms with E-state index in [2.05, 4.69) is 14.7 Å². The van der Waals surface area contributed by atoms with Crippen LogP contribution in [0.1, 0.15) is 43.4 Å². The zero-order chi connectivity index (χ0) is 23.6. The predicted molar refractivity (Wildman–Crippen MR) is 116 cm³/mol. The summed E-state index contributed by atoms with van der Waals surface area (Å²) in [6.45, 7) is 5.95. The maximum absolute atomic E-state index is 12.2. The number of carbonyl (C=O) groups excluding carboxylic acids is 1. The topological polar surface area (TPSA) is 61.3 Å². The maximum atomic E-state index is 12.2. The van der Waals surface area contributed by atoms with E-state index in [0.29, 0.717) is 29.0 Å². The molecule has 0 aliphatic rings. The molecule has 170 valence electrons. The van der Waals surface area contributed by atoms with Crippen molar-refractivity contribution in [2.75, 3.05) is 6.61 Å². The van der Waals surface area contributed by atoms with Gasteiger partial charge in [0.25, 0.3) is 0 Å². The Morgan fingerprint density at radius 1 is 0.969 bits per heavy atom. The highest BCUT2D eigenvalue weighted by Crippen LogP contribution is 2.30. The molecule has 1 heterocycles. The first-order chi connectivity index (χ1) is 15.2. The Morgan fingerprint density at radius 3 is 2.09 bits per heavy atom. The number of hydrogen-bond acceptors (Lipinski definition) is 5. The number of alkyl halides is 3. The molecular weight excluding hydrogens is 421 g/mol. The van der Waals surface area contributed by atoms with Crippen LogP contribution in [0.15, 0.2) is 60.9 Å². The molecule has 0 fully saturated rings. The summed E-state index contributed by atoms with van der Waals surface area (Å²) in [6.07, 6.45) is 0.528. The van der Waals surface area contributed by atoms with Crippen LogP contribution in [-0.2, 0) is 6.42 Å². The van der Waals surface area contributed by atoms with Crippen LogP contribution in [0.2, 0.25) is 0 Å². The average molecular weight is 446 g/mol. The second-order valence-electron chi connectivity index (χ2n) is 6.71. The monoisotopic (exact) mass is 446 g/mol. The molecule has 3 aromatic rings. The SMILES string of the molecule is CCCOc1ccc(-c2ccc(OC(F)(F)F)cc2)cc1C(C)=O.CCc1ncccn1. The molecule has 0 aliphatic carbocycles. The van der Waals surface area contributed by atoms with E-state index in [1.807, 2.05) is 19.9 Å². The van der Waals surface area contributed by atoms with Crippen LogP contribution in [0.5, 0.6) is 11.5 Å². The molecule has 32 heavy (non-hydrogen) atoms. The van der Waals surface area contributed by atoms with E-state index in [0.717, 1.165) is 18.7 Å². The fourth-order valence-electron chi connectivity index (χ4n) is 2.68. The third-order valence-corrected chi connectivity index (χ3v) is 4.18. The van der Waals surface area contributed by atoms with Crippen LogP contribution >= 0.6 is 0 Å². The number of benzene rings is 2. The van der Waals surface area contributed by atoms with Gasteiger partial charge >= 0.3 is 6.36 Å². The summed E-state index contributed by atoms with van der Waals surface area (Å²) in [5, 5.41) is 0. The minimum absolute atomic E-state index is 0.139. The van der Waals surface area contributed by atoms with Crippen LogP contribution in [-0.4, -0.2) is 28.7 Å². The molecule has 0 saturated carbocycles. The lowest BCUT2D eigenvalue weighted by Crippen LogP contribution is -2.16. The summed E-state index contributed by atoms with van der Waals surface area (Å²) < 4.78 is 45.9. The van der Waals surface area contributed by atoms with E-state index in [9.17, 15) is 18.0 Å². The van der Waals surface area contributed by atoms with Crippen LogP contribution in [0, 0.1) is 0 Å². The first-order valence-corrected chi connectivity index (χ1v) is 10.1. The van der Waals surface area contributed by atoms with Gasteiger partial charge in [-0.3, -0.25) is 4.79 Å². The second kappa shape index (κ2) is 11.8. The lowest BCUT2D eigenvalue weighted by atomic mass is 10.0. The maximum Gasteiger partial charge on any atom is 0.573 e. The summed E-state index contributed by atoms with van der Waals surface area (Å²) in [5.41, 5.74) is 1.83. The molecule has 3 rings (SSSR count). The number of halogens is 3. The average Bonchev–Trinajstić information content (AvgIpc) is 2.78. The second-order valence-corrected chi connectivity index (χ2v) is 6.71. The highest BCUT2D eigenvalue weighted by molar-refractivity contribution is 5.98. The van der Waals surface area contributed by atoms with E-state index >= 15 is 0 Å². The van der Waals surface area contributed by atoms with Crippen molar-refractivity contribution >= 4 is 5.78 Å². The lowest BCUT2D eigenvalue weighted by molar-refractivity contribution is -0.274. The fraction of sp³-hybridized carbons (Fsp3) is 0.292. The molecule has 0 saturated heterocycles. The molecule has 8 heteroatoms. The molecule has 0 aliphatic heterocycles. The zero-order valence-corrected chi connectivity index (χ0v) is 18.1. The Bertz CT molecular complexity index is 992. The van der Waals surface area contributed by atoms with Gasteiger partial charge in [0.2, 0.25) is 0 Å². The zero-order valence-electron chi connectivity index (χ0n) is 18.1. The molecule has 0 radical (unpaired) electrons. The number of hydrogen-bond donors (Lipinski definition) is 0. The number of ether oxygens (including phenoxy) is 2. The molecule has 0 atom stereocenters. The number of rotatable bonds is 7. The third kappa shape index (κ3) is 8.02. The van der Waals surface area contributed by atoms with Crippen molar-refractivity contribution in [2.45, 2.75) is 40.0 Å². The van der Waals surface area contributed by atoms with Gasteiger partial charge in [-0.05, 0) is 54.8 Å². The molecule has 0 unspecified atom stereocenters. The molecule has 5 nitrogen and oxygen atoms in total. The Morgan fingerprint density at radius 2 is 1.59 bits per heavy atom. The Labute approximate surface area is 185 Å². The van der Waals surface area contributed by atoms with Crippen LogP contribution in [0.25, 0.3) is 11.1 Å². The van der Waals surface area contributed by atoms with Crippen molar-refractivity contribution in [3.8, 4) is 22.6 Å². The van der Waals surface area contributed by atoms with E-state index in [1.54, 1.807) is 30.6 Å². The van der Waals surface area contributed by atoms with E-state index in [1.165, 1.54) is 31.2 Å². The molecule has 1 aromatic heterocycles. The van der Waals surface area contributed by atoms with Crippen LogP contribution < -0.4 is 9.47 Å². The molecule has 0 spiro atoms. The van der Waals surface area contributed by atoms with Gasteiger partial charge in [-0.2, -0.15) is 0 Å². The van der Waals surface area contributed by atoms with Crippen molar-refractivity contribution in [3.63, 3.8) is 0 Å². The van der Waals surface area contributed by atoms with Crippen molar-refractivity contribution in [1.82, 2.24) is 9.97 Å². The van der Waals surface area contributed by atoms with Crippen molar-refractivity contribution in [1.29, 1.82) is 0 Å². The summed E-state index contributed by atoms with van der Waals surface area (Å²) in [4.78, 5) is 19.8. The van der Waals surface area contributed by atoms with Gasteiger partial charge in [0.05, 0.1) is 12.2 Å². The van der Waals surface area contributed by atoms with Crippen molar-refractivity contribution < 1.29 is 27.4 Å². The minimum Gasteiger partial charge on any atom is -0.493 e. The Kier molecular flexibility index (Phi) is 9.19. The smallest absolute Gasteiger partial charge is 0.493 e. The van der Waals surface area contributed by atoms with Gasteiger partial charge in [0.1, 0.15) is 17.3 Å². The lowest BCUT2D eigenvalue weighted by Gasteiger charge is -2.12. The summed E-state index contributed by atoms with van der Waals surface area (Å²) in [7, 11) is 0. The first kappa shape index (κ1) is 24.8. The predicted octanol–water partition coefficient (Wildman–Crippen LogP) is 6.28. The number of aromatic nitrogens is 2. The fourth-order valence-corrected chi connectivity index (χ4v) is 2.68. The molecule has 0 N–H and O–H groups in total. The van der Waals surface area contributed by atoms with E-state index < -0.39 is 6.36 Å². The van der Waals surface area contributed by atoms with Gasteiger partial charge in [-0.25, -0.2) is 9.97 Å². The third-order valence-electron chi connectivity index (χ3n) is 4.18. The number of carbonyl (C=O) groups is 1. The van der Waals surface area contributed by atoms with Gasteiger partial charge in [0.15, 0.2) is 5.78 Å². The quantitative estimate of drug-likeness (QED) is 0.400. The largest absolute Gasteiger partial charge is 0.573 e. The Hall–Kier alpha value is -3.42. The van der Waals surface area contributed by atoms with Crippen LogP contribution in [0.4, 0.5) is 13.2 Å². The normalized spacial score (nSPS) is 10.7. The number of nitrogens with zero attached hydrogens (tertiary/aromatic N) is 2. The number of Topliss-reactive ketones (excluding diaryl/α,β-unsaturated/α-hetero) is 1. The van der Waals surface area contributed by atoms with E-state index in [-0.39, 0.29) is 11.5 Å². The standard InChI is InChI=1S/C18H17F3O3.C6H8N2/c1-3-10-23-17-9-6-14(11-16(17)12(2)22)13-4-7-15(8-5-13)24-18(19,20)21;1-2-6-7-4-3-5-8-6/h4-9,11H,3,10H2,1-2H3;3-5H,2H2,1H3. The number of aryl methyl sites for hydroxylation is 1. The summed E-state index contributed by atoms with van der Waals surface area (Å²) in [5.74, 6) is 0.985. The van der Waals surface area contributed by atoms with Gasteiger partial charge in [0, 0.05) is 18.8 Å². The number of ketones is 1. The molecule has 2 aromatic carbocycles. The van der Waals surface area contributed by atoms with E-state index in [4.69, 9.17) is 4.74 Å². The van der Waals surface area contributed by atoms with Crippen LogP contribution in [0.3, 0.4) is 0 Å². The van der Waals surface area contributed by atoms with Gasteiger partial charge in [-0.15, -0.1) is 13.2 Å². The minimum atomic E-state index is -4.72. The van der Waals surface area contributed by atoms with Crippen molar-refractivity contribution in [3.05, 3.63) is 72.3 Å². The summed E-state index contributed by atoms with van der Waals surface area (Å²) >= 11 is 0. The van der Waals surface area contributed by atoms with Gasteiger partial charge in [-0.1, -0.05) is 32.0 Å². The molecule has 0 bridgehead atoms. The Balaban J connectivity index is 0.000000380. The van der Waals surface area contributed by atoms with Crippen molar-refractivity contribution in [2.24, 2.45) is 0 Å². The van der Waals surface area contributed by atoms with Gasteiger partial charge < -0.3 is 9.47 Å². The molecule has 0 amide bonds. The molecular formula is C24H25F3N2O3. The first-order valence-electron chi connectivity index (χ1n) is 10.1. The summed E-state index contributed by atoms with van der Waals surface area (Å²) in [6, 6.07) is 12.4. The highest BCUT2D eigenvalue weighted by Gasteiger charge is 2.30. The highest BCUT2D eigenvalue weighted by atomic mass is 19.4.